The van der Waals surface area contributed by atoms with Crippen molar-refractivity contribution < 1.29 is 8.78 Å². The Bertz CT molecular complexity index is 903. The van der Waals surface area contributed by atoms with Gasteiger partial charge in [0.2, 0.25) is 5.92 Å². The number of pyridine rings is 1. The third-order valence-electron chi connectivity index (χ3n) is 5.08. The fraction of sp³-hybridized carbons (Fsp3) is 0.474. The molecule has 0 aromatic carbocycles. The fourth-order valence-corrected chi connectivity index (χ4v) is 4.61. The number of hydrogen-bond donors (Lipinski definition) is 0. The van der Waals surface area contributed by atoms with Gasteiger partial charge in [0.25, 0.3) is 0 Å². The SMILES string of the molecule is Cc1nc(C)c(-c2cnc3ccn(CC4CCC(F)(F)CC4)c3c2)s1. The van der Waals surface area contributed by atoms with Crippen LogP contribution in [0.3, 0.4) is 0 Å². The van der Waals surface area contributed by atoms with Crippen LogP contribution in [0, 0.1) is 19.8 Å². The van der Waals surface area contributed by atoms with Crippen molar-refractivity contribution in [3.8, 4) is 10.4 Å². The first-order valence-electron chi connectivity index (χ1n) is 8.68. The highest BCUT2D eigenvalue weighted by Crippen LogP contribution is 2.37. The molecule has 0 aliphatic heterocycles. The summed E-state index contributed by atoms with van der Waals surface area (Å²) in [6, 6.07) is 4.15. The zero-order chi connectivity index (χ0) is 17.6. The molecule has 4 rings (SSSR count). The standard InChI is InChI=1S/C19H21F2N3S/c1-12-18(25-13(2)23-12)15-9-17-16(22-10-15)5-8-24(17)11-14-3-6-19(20,21)7-4-14/h5,8-10,14H,3-4,6-7,11H2,1-2H3. The first kappa shape index (κ1) is 16.6. The molecule has 0 N–H and O–H groups in total. The molecule has 25 heavy (non-hydrogen) atoms. The molecule has 0 atom stereocenters. The first-order valence-corrected chi connectivity index (χ1v) is 9.50. The third-order valence-corrected chi connectivity index (χ3v) is 6.20. The maximum absolute atomic E-state index is 13.4. The van der Waals surface area contributed by atoms with Crippen molar-refractivity contribution in [3.05, 3.63) is 35.2 Å². The summed E-state index contributed by atoms with van der Waals surface area (Å²) in [7, 11) is 0. The van der Waals surface area contributed by atoms with Crippen LogP contribution in [0.1, 0.15) is 36.4 Å². The minimum absolute atomic E-state index is 0.0136. The average molecular weight is 361 g/mol. The maximum atomic E-state index is 13.4. The summed E-state index contributed by atoms with van der Waals surface area (Å²) in [6.45, 7) is 4.81. The van der Waals surface area contributed by atoms with Crippen LogP contribution in [0.4, 0.5) is 8.78 Å². The number of nitrogens with zero attached hydrogens (tertiary/aromatic N) is 3. The molecule has 3 nitrogen and oxygen atoms in total. The first-order chi connectivity index (χ1) is 11.9. The van der Waals surface area contributed by atoms with Crippen molar-refractivity contribution in [2.24, 2.45) is 5.92 Å². The molecule has 0 unspecified atom stereocenters. The van der Waals surface area contributed by atoms with E-state index in [1.54, 1.807) is 11.3 Å². The zero-order valence-electron chi connectivity index (χ0n) is 14.4. The van der Waals surface area contributed by atoms with Crippen molar-refractivity contribution in [3.63, 3.8) is 0 Å². The summed E-state index contributed by atoms with van der Waals surface area (Å²) in [5.74, 6) is -2.16. The maximum Gasteiger partial charge on any atom is 0.248 e. The van der Waals surface area contributed by atoms with Gasteiger partial charge in [0, 0.05) is 37.3 Å². The Labute approximate surface area is 149 Å². The van der Waals surface area contributed by atoms with Crippen LogP contribution >= 0.6 is 11.3 Å². The number of aryl methyl sites for hydroxylation is 2. The Balaban J connectivity index is 1.62. The van der Waals surface area contributed by atoms with E-state index in [0.29, 0.717) is 18.8 Å². The largest absolute Gasteiger partial charge is 0.346 e. The monoisotopic (exact) mass is 361 g/mol. The second-order valence-corrected chi connectivity index (χ2v) is 8.25. The van der Waals surface area contributed by atoms with E-state index in [2.05, 4.69) is 20.6 Å². The van der Waals surface area contributed by atoms with Gasteiger partial charge in [-0.15, -0.1) is 11.3 Å². The van der Waals surface area contributed by atoms with E-state index in [4.69, 9.17) is 0 Å². The summed E-state index contributed by atoms with van der Waals surface area (Å²) in [6.07, 6.45) is 5.13. The second kappa shape index (κ2) is 6.16. The summed E-state index contributed by atoms with van der Waals surface area (Å²) in [5, 5.41) is 1.05. The van der Waals surface area contributed by atoms with Crippen LogP contribution in [-0.4, -0.2) is 20.5 Å². The molecule has 1 aliphatic carbocycles. The highest BCUT2D eigenvalue weighted by atomic mass is 32.1. The second-order valence-electron chi connectivity index (χ2n) is 7.04. The highest BCUT2D eigenvalue weighted by Gasteiger charge is 2.34. The van der Waals surface area contributed by atoms with Gasteiger partial charge in [0.05, 0.1) is 26.6 Å². The van der Waals surface area contributed by atoms with Gasteiger partial charge in [-0.05, 0) is 44.7 Å². The van der Waals surface area contributed by atoms with Crippen molar-refractivity contribution >= 4 is 22.4 Å². The van der Waals surface area contributed by atoms with Crippen LogP contribution in [0.15, 0.2) is 24.5 Å². The predicted octanol–water partition coefficient (Wildman–Crippen LogP) is 5.60. The minimum atomic E-state index is -2.47. The molecule has 6 heteroatoms. The van der Waals surface area contributed by atoms with E-state index in [1.807, 2.05) is 32.3 Å². The summed E-state index contributed by atoms with van der Waals surface area (Å²) in [5.41, 5.74) is 4.12. The summed E-state index contributed by atoms with van der Waals surface area (Å²) in [4.78, 5) is 10.2. The van der Waals surface area contributed by atoms with Gasteiger partial charge < -0.3 is 4.57 Å². The molecule has 1 aliphatic rings. The quantitative estimate of drug-likeness (QED) is 0.608. The number of hydrogen-bond acceptors (Lipinski definition) is 3. The topological polar surface area (TPSA) is 30.7 Å². The van der Waals surface area contributed by atoms with Crippen LogP contribution in [-0.2, 0) is 6.54 Å². The Morgan fingerprint density at radius 3 is 2.72 bits per heavy atom. The average Bonchev–Trinajstić information content (AvgIpc) is 3.12. The molecular weight excluding hydrogens is 340 g/mol. The van der Waals surface area contributed by atoms with E-state index >= 15 is 0 Å². The summed E-state index contributed by atoms with van der Waals surface area (Å²) >= 11 is 1.68. The minimum Gasteiger partial charge on any atom is -0.346 e. The van der Waals surface area contributed by atoms with Crippen molar-refractivity contribution in [1.82, 2.24) is 14.5 Å². The van der Waals surface area contributed by atoms with Crippen LogP contribution in [0.2, 0.25) is 0 Å². The molecule has 132 valence electrons. The molecule has 1 fully saturated rings. The molecule has 0 amide bonds. The Morgan fingerprint density at radius 2 is 2.04 bits per heavy atom. The lowest BCUT2D eigenvalue weighted by Gasteiger charge is -2.28. The smallest absolute Gasteiger partial charge is 0.248 e. The molecule has 3 aromatic rings. The van der Waals surface area contributed by atoms with Gasteiger partial charge >= 0.3 is 0 Å². The number of fused-ring (bicyclic) bond motifs is 1. The molecule has 1 saturated carbocycles. The van der Waals surface area contributed by atoms with E-state index in [0.717, 1.165) is 38.7 Å². The molecule has 3 aromatic heterocycles. The van der Waals surface area contributed by atoms with Gasteiger partial charge in [-0.25, -0.2) is 13.8 Å². The number of aromatic nitrogens is 3. The van der Waals surface area contributed by atoms with E-state index in [1.165, 1.54) is 0 Å². The number of thiazole rings is 1. The normalized spacial score (nSPS) is 18.1. The van der Waals surface area contributed by atoms with Crippen LogP contribution in [0.5, 0.6) is 0 Å². The third kappa shape index (κ3) is 3.32. The van der Waals surface area contributed by atoms with Gasteiger partial charge in [-0.1, -0.05) is 0 Å². The van der Waals surface area contributed by atoms with Crippen molar-refractivity contribution in [2.75, 3.05) is 0 Å². The molecule has 0 bridgehead atoms. The Kier molecular flexibility index (Phi) is 4.10. The highest BCUT2D eigenvalue weighted by molar-refractivity contribution is 7.15. The number of alkyl halides is 2. The predicted molar refractivity (Wildman–Crippen MR) is 97.2 cm³/mol. The van der Waals surface area contributed by atoms with Gasteiger partial charge in [-0.3, -0.25) is 4.98 Å². The zero-order valence-corrected chi connectivity index (χ0v) is 15.2. The Hall–Kier alpha value is -1.82. The lowest BCUT2D eigenvalue weighted by atomic mass is 9.87. The van der Waals surface area contributed by atoms with Gasteiger partial charge in [0.1, 0.15) is 0 Å². The molecule has 0 radical (unpaired) electrons. The molecule has 0 spiro atoms. The molecule has 0 saturated heterocycles. The lowest BCUT2D eigenvalue weighted by Crippen LogP contribution is -2.26. The van der Waals surface area contributed by atoms with E-state index in [9.17, 15) is 8.78 Å². The molecular formula is C19H21F2N3S. The van der Waals surface area contributed by atoms with Crippen LogP contribution in [0.25, 0.3) is 21.5 Å². The van der Waals surface area contributed by atoms with Crippen LogP contribution < -0.4 is 0 Å². The Morgan fingerprint density at radius 1 is 1.28 bits per heavy atom. The van der Waals surface area contributed by atoms with E-state index < -0.39 is 5.92 Å². The lowest BCUT2D eigenvalue weighted by molar-refractivity contribution is -0.0472. The number of halogens is 2. The molecule has 3 heterocycles. The fourth-order valence-electron chi connectivity index (χ4n) is 3.71. The van der Waals surface area contributed by atoms with E-state index in [-0.39, 0.29) is 12.8 Å². The van der Waals surface area contributed by atoms with Gasteiger partial charge in [-0.2, -0.15) is 0 Å². The van der Waals surface area contributed by atoms with Crippen molar-refractivity contribution in [2.45, 2.75) is 52.0 Å². The summed E-state index contributed by atoms with van der Waals surface area (Å²) < 4.78 is 28.9. The number of rotatable bonds is 3. The van der Waals surface area contributed by atoms with Crippen molar-refractivity contribution in [1.29, 1.82) is 0 Å². The van der Waals surface area contributed by atoms with Gasteiger partial charge in [0.15, 0.2) is 0 Å².